The Morgan fingerprint density at radius 2 is 1.83 bits per heavy atom. The summed E-state index contributed by atoms with van der Waals surface area (Å²) >= 11 is 6.16. The third-order valence-electron chi connectivity index (χ3n) is 4.83. The summed E-state index contributed by atoms with van der Waals surface area (Å²) in [6.45, 7) is 3.13. The van der Waals surface area contributed by atoms with E-state index >= 15 is 0 Å². The highest BCUT2D eigenvalue weighted by Gasteiger charge is 2.19. The van der Waals surface area contributed by atoms with Crippen LogP contribution in [-0.4, -0.2) is 40.3 Å². The number of rotatable bonds is 5. The summed E-state index contributed by atoms with van der Waals surface area (Å²) in [5.74, 6) is -1.34. The van der Waals surface area contributed by atoms with Gasteiger partial charge in [0.25, 0.3) is 5.91 Å². The molecule has 0 atom stereocenters. The standard InChI is InChI=1S/C20H23ClN4O4/c1-12-18(21)13(2)25(24-12)16-9-7-14(8-10-16)19(27)29-11-17(26)23-20(28)22-15-5-3-4-6-15/h7-10,15H,3-6,11H2,1-2H3,(H2,22,23,26,28). The van der Waals surface area contributed by atoms with Gasteiger partial charge in [0.2, 0.25) is 0 Å². The first-order valence-corrected chi connectivity index (χ1v) is 9.82. The molecule has 1 aromatic heterocycles. The van der Waals surface area contributed by atoms with E-state index in [9.17, 15) is 14.4 Å². The minimum atomic E-state index is -0.678. The van der Waals surface area contributed by atoms with Crippen LogP contribution in [0.4, 0.5) is 4.79 Å². The maximum atomic E-state index is 12.1. The Kier molecular flexibility index (Phi) is 6.53. The van der Waals surface area contributed by atoms with Crippen molar-refractivity contribution in [2.75, 3.05) is 6.61 Å². The van der Waals surface area contributed by atoms with Crippen molar-refractivity contribution in [2.45, 2.75) is 45.6 Å². The number of aromatic nitrogens is 2. The zero-order valence-corrected chi connectivity index (χ0v) is 17.1. The van der Waals surface area contributed by atoms with Crippen LogP contribution in [0, 0.1) is 13.8 Å². The lowest BCUT2D eigenvalue weighted by Crippen LogP contribution is -2.44. The molecule has 3 amide bonds. The first-order valence-electron chi connectivity index (χ1n) is 9.45. The Hall–Kier alpha value is -2.87. The van der Waals surface area contributed by atoms with E-state index in [-0.39, 0.29) is 11.6 Å². The van der Waals surface area contributed by atoms with Gasteiger partial charge >= 0.3 is 12.0 Å². The van der Waals surface area contributed by atoms with E-state index in [2.05, 4.69) is 15.7 Å². The van der Waals surface area contributed by atoms with Gasteiger partial charge in [0.15, 0.2) is 6.61 Å². The zero-order chi connectivity index (χ0) is 21.0. The highest BCUT2D eigenvalue weighted by Crippen LogP contribution is 2.22. The number of benzene rings is 1. The van der Waals surface area contributed by atoms with Crippen molar-refractivity contribution in [3.63, 3.8) is 0 Å². The lowest BCUT2D eigenvalue weighted by molar-refractivity contribution is -0.123. The minimum Gasteiger partial charge on any atom is -0.452 e. The lowest BCUT2D eigenvalue weighted by atomic mass is 10.2. The molecule has 8 nitrogen and oxygen atoms in total. The molecule has 2 N–H and O–H groups in total. The smallest absolute Gasteiger partial charge is 0.338 e. The molecule has 3 rings (SSSR count). The molecule has 1 aliphatic carbocycles. The SMILES string of the molecule is Cc1nn(-c2ccc(C(=O)OCC(=O)NC(=O)NC3CCCC3)cc2)c(C)c1Cl. The van der Waals surface area contributed by atoms with Gasteiger partial charge in [-0.05, 0) is 51.0 Å². The number of nitrogens with one attached hydrogen (secondary N) is 2. The Morgan fingerprint density at radius 3 is 2.41 bits per heavy atom. The number of imide groups is 1. The van der Waals surface area contributed by atoms with Crippen LogP contribution in [0.5, 0.6) is 0 Å². The molecule has 0 spiro atoms. The average molecular weight is 419 g/mol. The first-order chi connectivity index (χ1) is 13.8. The van der Waals surface area contributed by atoms with Crippen LogP contribution in [-0.2, 0) is 9.53 Å². The number of urea groups is 1. The minimum absolute atomic E-state index is 0.0981. The van der Waals surface area contributed by atoms with Crippen molar-refractivity contribution < 1.29 is 19.1 Å². The monoisotopic (exact) mass is 418 g/mol. The summed E-state index contributed by atoms with van der Waals surface area (Å²) in [7, 11) is 0. The van der Waals surface area contributed by atoms with Gasteiger partial charge in [0.1, 0.15) is 0 Å². The number of nitrogens with zero attached hydrogens (tertiary/aromatic N) is 2. The number of halogens is 1. The molecule has 1 aliphatic rings. The third-order valence-corrected chi connectivity index (χ3v) is 5.38. The van der Waals surface area contributed by atoms with E-state index in [1.807, 2.05) is 13.8 Å². The average Bonchev–Trinajstić information content (AvgIpc) is 3.30. The van der Waals surface area contributed by atoms with Crippen LogP contribution in [0.3, 0.4) is 0 Å². The molecular formula is C20H23ClN4O4. The number of ether oxygens (including phenoxy) is 1. The number of carbonyl (C=O) groups excluding carboxylic acids is 3. The fourth-order valence-corrected chi connectivity index (χ4v) is 3.40. The van der Waals surface area contributed by atoms with Gasteiger partial charge in [-0.15, -0.1) is 0 Å². The van der Waals surface area contributed by atoms with E-state index in [1.54, 1.807) is 28.9 Å². The Bertz CT molecular complexity index is 917. The second kappa shape index (κ2) is 9.09. The van der Waals surface area contributed by atoms with Crippen molar-refractivity contribution in [3.8, 4) is 5.69 Å². The summed E-state index contributed by atoms with van der Waals surface area (Å²) in [5.41, 5.74) is 2.54. The van der Waals surface area contributed by atoms with Gasteiger partial charge in [-0.1, -0.05) is 24.4 Å². The van der Waals surface area contributed by atoms with Crippen LogP contribution >= 0.6 is 11.6 Å². The van der Waals surface area contributed by atoms with Crippen molar-refractivity contribution in [1.82, 2.24) is 20.4 Å². The molecule has 29 heavy (non-hydrogen) atoms. The molecule has 2 aromatic rings. The predicted octanol–water partition coefficient (Wildman–Crippen LogP) is 3.07. The summed E-state index contributed by atoms with van der Waals surface area (Å²) < 4.78 is 6.66. The third kappa shape index (κ3) is 5.14. The second-order valence-corrected chi connectivity index (χ2v) is 7.40. The molecule has 1 saturated carbocycles. The lowest BCUT2D eigenvalue weighted by Gasteiger charge is -2.12. The van der Waals surface area contributed by atoms with Gasteiger partial charge < -0.3 is 10.1 Å². The molecule has 0 aliphatic heterocycles. The fourth-order valence-electron chi connectivity index (χ4n) is 3.28. The Labute approximate surface area is 173 Å². The normalized spacial score (nSPS) is 13.9. The maximum Gasteiger partial charge on any atom is 0.338 e. The van der Waals surface area contributed by atoms with Gasteiger partial charge in [0, 0.05) is 6.04 Å². The summed E-state index contributed by atoms with van der Waals surface area (Å²) in [6.07, 6.45) is 3.97. The molecular weight excluding hydrogens is 396 g/mol. The van der Waals surface area contributed by atoms with Crippen molar-refractivity contribution in [3.05, 3.63) is 46.2 Å². The van der Waals surface area contributed by atoms with E-state index in [1.165, 1.54) is 0 Å². The Balaban J connectivity index is 1.50. The number of amides is 3. The van der Waals surface area contributed by atoms with Crippen LogP contribution in [0.15, 0.2) is 24.3 Å². The number of hydrogen-bond acceptors (Lipinski definition) is 5. The van der Waals surface area contributed by atoms with Crippen LogP contribution < -0.4 is 10.6 Å². The molecule has 1 heterocycles. The summed E-state index contributed by atoms with van der Waals surface area (Å²) in [6, 6.07) is 6.11. The van der Waals surface area contributed by atoms with Crippen molar-refractivity contribution in [2.24, 2.45) is 0 Å². The maximum absolute atomic E-state index is 12.1. The Morgan fingerprint density at radius 1 is 1.17 bits per heavy atom. The molecule has 0 saturated heterocycles. The van der Waals surface area contributed by atoms with Crippen LogP contribution in [0.2, 0.25) is 5.02 Å². The van der Waals surface area contributed by atoms with E-state index in [0.717, 1.165) is 42.8 Å². The molecule has 1 aromatic carbocycles. The highest BCUT2D eigenvalue weighted by molar-refractivity contribution is 6.31. The topological polar surface area (TPSA) is 102 Å². The molecule has 0 bridgehead atoms. The van der Waals surface area contributed by atoms with E-state index in [4.69, 9.17) is 16.3 Å². The zero-order valence-electron chi connectivity index (χ0n) is 16.3. The van der Waals surface area contributed by atoms with Crippen molar-refractivity contribution in [1.29, 1.82) is 0 Å². The van der Waals surface area contributed by atoms with Gasteiger partial charge in [-0.25, -0.2) is 14.3 Å². The molecule has 0 unspecified atom stereocenters. The van der Waals surface area contributed by atoms with Gasteiger partial charge in [-0.2, -0.15) is 5.10 Å². The molecule has 9 heteroatoms. The largest absolute Gasteiger partial charge is 0.452 e. The van der Waals surface area contributed by atoms with E-state index < -0.39 is 24.5 Å². The quantitative estimate of drug-likeness (QED) is 0.726. The van der Waals surface area contributed by atoms with Crippen LogP contribution in [0.1, 0.15) is 47.4 Å². The highest BCUT2D eigenvalue weighted by atomic mass is 35.5. The number of carbonyl (C=O) groups is 3. The van der Waals surface area contributed by atoms with Gasteiger partial charge in [-0.3, -0.25) is 10.1 Å². The summed E-state index contributed by atoms with van der Waals surface area (Å²) in [5, 5.41) is 9.85. The molecule has 154 valence electrons. The predicted molar refractivity (Wildman–Crippen MR) is 107 cm³/mol. The van der Waals surface area contributed by atoms with E-state index in [0.29, 0.717) is 5.02 Å². The number of hydrogen-bond donors (Lipinski definition) is 2. The van der Waals surface area contributed by atoms with Crippen LogP contribution in [0.25, 0.3) is 5.69 Å². The molecule has 1 fully saturated rings. The second-order valence-electron chi connectivity index (χ2n) is 7.02. The molecule has 0 radical (unpaired) electrons. The number of aryl methyl sites for hydroxylation is 1. The van der Waals surface area contributed by atoms with Gasteiger partial charge in [0.05, 0.1) is 27.7 Å². The van der Waals surface area contributed by atoms with Crippen molar-refractivity contribution >= 4 is 29.5 Å². The number of esters is 1. The first kappa shape index (κ1) is 20.9. The summed E-state index contributed by atoms with van der Waals surface area (Å²) in [4.78, 5) is 35.7. The fraction of sp³-hybridized carbons (Fsp3) is 0.400.